The number of ether oxygens (including phenoxy) is 2. The molecule has 8 nitrogen and oxygen atoms in total. The summed E-state index contributed by atoms with van der Waals surface area (Å²) < 4.78 is 50.3. The van der Waals surface area contributed by atoms with Gasteiger partial charge in [-0.25, -0.2) is 13.2 Å². The lowest BCUT2D eigenvalue weighted by Crippen LogP contribution is -2.48. The molecular weight excluding hydrogens is 454 g/mol. The van der Waals surface area contributed by atoms with Crippen LogP contribution in [0.15, 0.2) is 12.2 Å². The van der Waals surface area contributed by atoms with Crippen LogP contribution in [0.25, 0.3) is 0 Å². The van der Waals surface area contributed by atoms with E-state index in [2.05, 4.69) is 32.8 Å². The Morgan fingerprint density at radius 2 is 1.81 bits per heavy atom. The minimum Gasteiger partial charge on any atom is -0.748 e. The van der Waals surface area contributed by atoms with Gasteiger partial charge in [-0.15, -0.1) is 0 Å². The normalized spacial score (nSPS) is 14.5. The van der Waals surface area contributed by atoms with Gasteiger partial charge in [0.25, 0.3) is 0 Å². The molecule has 0 rings (SSSR count). The van der Waals surface area contributed by atoms with Crippen molar-refractivity contribution in [3.05, 3.63) is 12.2 Å². The molecule has 0 heterocycles. The molecule has 0 aromatic rings. The van der Waals surface area contributed by atoms with E-state index in [1.807, 2.05) is 14.1 Å². The molecule has 186 valence electrons. The highest BCUT2D eigenvalue weighted by Gasteiger charge is 2.26. The van der Waals surface area contributed by atoms with Crippen LogP contribution >= 0.6 is 0 Å². The Hall–Kier alpha value is -0.566. The SMILES string of the molecule is C.C=C(C)C(=O)OC(COCCC[SiH](C)O[Si](C)(C)C)C[N+](C)(C)CCCS(=O)(=O)[O-]. The number of carbonyl (C=O) groups excluding carboxylic acids is 1. The maximum Gasteiger partial charge on any atom is 0.333 e. The van der Waals surface area contributed by atoms with Crippen LogP contribution in [0, 0.1) is 0 Å². The Morgan fingerprint density at radius 1 is 1.23 bits per heavy atom. The fraction of sp³-hybridized carbons (Fsp3) is 0.850. The molecule has 0 bridgehead atoms. The fourth-order valence-corrected chi connectivity index (χ4v) is 9.56. The first kappa shape index (κ1) is 32.6. The van der Waals surface area contributed by atoms with Crippen molar-refractivity contribution < 1.29 is 35.8 Å². The third-order valence-electron chi connectivity index (χ3n) is 4.24. The summed E-state index contributed by atoms with van der Waals surface area (Å²) in [6, 6.07) is 1.03. The van der Waals surface area contributed by atoms with Crippen molar-refractivity contribution in [2.75, 3.05) is 46.2 Å². The Balaban J connectivity index is 0. The molecule has 0 saturated carbocycles. The minimum atomic E-state index is -4.23. The zero-order valence-corrected chi connectivity index (χ0v) is 22.7. The van der Waals surface area contributed by atoms with Crippen LogP contribution in [0.3, 0.4) is 0 Å². The van der Waals surface area contributed by atoms with Gasteiger partial charge in [-0.1, -0.05) is 14.0 Å². The molecule has 0 aromatic heterocycles. The maximum atomic E-state index is 12.0. The van der Waals surface area contributed by atoms with E-state index < -0.39 is 45.3 Å². The Bertz CT molecular complexity index is 648. The largest absolute Gasteiger partial charge is 0.748 e. The molecule has 31 heavy (non-hydrogen) atoms. The number of likely N-dealkylation sites (N-methyl/N-ethyl adjacent to an activating group) is 1. The van der Waals surface area contributed by atoms with E-state index in [0.717, 1.165) is 12.5 Å². The van der Waals surface area contributed by atoms with Gasteiger partial charge in [0.2, 0.25) is 0 Å². The Morgan fingerprint density at radius 3 is 2.29 bits per heavy atom. The van der Waals surface area contributed by atoms with Gasteiger partial charge in [0.1, 0.15) is 6.54 Å². The number of quaternary nitrogens is 1. The first-order valence-electron chi connectivity index (χ1n) is 10.4. The number of esters is 1. The molecule has 0 N–H and O–H groups in total. The monoisotopic (exact) mass is 499 g/mol. The lowest BCUT2D eigenvalue weighted by molar-refractivity contribution is -0.893. The van der Waals surface area contributed by atoms with Crippen LogP contribution in [0.5, 0.6) is 0 Å². The van der Waals surface area contributed by atoms with Crippen LogP contribution in [0.4, 0.5) is 0 Å². The third kappa shape index (κ3) is 19.8. The summed E-state index contributed by atoms with van der Waals surface area (Å²) in [5.41, 5.74) is 0.311. The molecule has 0 fully saturated rings. The van der Waals surface area contributed by atoms with Gasteiger partial charge in [-0.3, -0.25) is 0 Å². The van der Waals surface area contributed by atoms with Crippen LogP contribution < -0.4 is 0 Å². The molecule has 0 amide bonds. The average Bonchev–Trinajstić information content (AvgIpc) is 2.50. The van der Waals surface area contributed by atoms with Gasteiger partial charge < -0.3 is 22.6 Å². The van der Waals surface area contributed by atoms with E-state index in [4.69, 9.17) is 13.6 Å². The minimum absolute atomic E-state index is 0. The van der Waals surface area contributed by atoms with Gasteiger partial charge in [0.15, 0.2) is 23.5 Å². The zero-order valence-electron chi connectivity index (χ0n) is 19.7. The van der Waals surface area contributed by atoms with E-state index in [1.165, 1.54) is 0 Å². The maximum absolute atomic E-state index is 12.0. The molecule has 0 aliphatic heterocycles. The molecule has 0 saturated heterocycles. The van der Waals surface area contributed by atoms with Crippen LogP contribution in [0.2, 0.25) is 32.2 Å². The summed E-state index contributed by atoms with van der Waals surface area (Å²) in [7, 11) is -3.10. The van der Waals surface area contributed by atoms with Gasteiger partial charge in [0, 0.05) is 24.4 Å². The number of hydrogen-bond donors (Lipinski definition) is 0. The van der Waals surface area contributed by atoms with Crippen molar-refractivity contribution in [2.45, 2.75) is 65.5 Å². The van der Waals surface area contributed by atoms with Crippen LogP contribution in [-0.2, 0) is 28.5 Å². The molecule has 0 aliphatic rings. The predicted octanol–water partition coefficient (Wildman–Crippen LogP) is 2.73. The van der Waals surface area contributed by atoms with Gasteiger partial charge >= 0.3 is 5.97 Å². The second kappa shape index (κ2) is 14.6. The van der Waals surface area contributed by atoms with Crippen molar-refractivity contribution in [1.82, 2.24) is 0 Å². The number of rotatable bonds is 16. The summed E-state index contributed by atoms with van der Waals surface area (Å²) in [5.74, 6) is -0.876. The molecule has 2 unspecified atom stereocenters. The fourth-order valence-electron chi connectivity index (χ4n) is 3.04. The van der Waals surface area contributed by atoms with Crippen LogP contribution in [-0.4, -0.2) is 93.0 Å². The third-order valence-corrected chi connectivity index (χ3v) is 10.7. The van der Waals surface area contributed by atoms with E-state index in [9.17, 15) is 17.8 Å². The first-order chi connectivity index (χ1) is 13.5. The molecule has 2 atom stereocenters. The highest BCUT2D eigenvalue weighted by Crippen LogP contribution is 2.11. The molecule has 11 heteroatoms. The number of nitrogens with zero attached hydrogens (tertiary/aromatic N) is 1. The molecular formula is C20H45NO7SSi2. The summed E-state index contributed by atoms with van der Waals surface area (Å²) >= 11 is 0. The highest BCUT2D eigenvalue weighted by molar-refractivity contribution is 7.85. The predicted molar refractivity (Wildman–Crippen MR) is 130 cm³/mol. The second-order valence-corrected chi connectivity index (χ2v) is 18.4. The number of hydrogen-bond acceptors (Lipinski definition) is 7. The first-order valence-corrected chi connectivity index (χ1v) is 17.8. The highest BCUT2D eigenvalue weighted by atomic mass is 32.2. The van der Waals surface area contributed by atoms with Gasteiger partial charge in [-0.05, 0) is 45.6 Å². The summed E-state index contributed by atoms with van der Waals surface area (Å²) in [6.45, 7) is 15.7. The smallest absolute Gasteiger partial charge is 0.333 e. The van der Waals surface area contributed by atoms with Gasteiger partial charge in [-0.2, -0.15) is 0 Å². The molecule has 0 spiro atoms. The Kier molecular flexibility index (Phi) is 15.3. The summed E-state index contributed by atoms with van der Waals surface area (Å²) in [5, 5.41) is 0. The van der Waals surface area contributed by atoms with E-state index in [1.54, 1.807) is 6.92 Å². The van der Waals surface area contributed by atoms with Crippen LogP contribution in [0.1, 0.15) is 27.2 Å². The lowest BCUT2D eigenvalue weighted by atomic mass is 10.2. The van der Waals surface area contributed by atoms with Crippen molar-refractivity contribution in [3.63, 3.8) is 0 Å². The van der Waals surface area contributed by atoms with Crippen molar-refractivity contribution >= 4 is 33.4 Å². The average molecular weight is 500 g/mol. The second-order valence-electron chi connectivity index (χ2n) is 9.52. The van der Waals surface area contributed by atoms with E-state index in [0.29, 0.717) is 29.8 Å². The van der Waals surface area contributed by atoms with E-state index >= 15 is 0 Å². The zero-order chi connectivity index (χ0) is 23.6. The topological polar surface area (TPSA) is 102 Å². The molecule has 0 radical (unpaired) electrons. The van der Waals surface area contributed by atoms with Crippen molar-refractivity contribution in [1.29, 1.82) is 0 Å². The standard InChI is InChI=1S/C19H41NO7SSi2.CH4/c1-17(2)19(21)26-18(15-20(3,4)11-9-13-28(22,23)24)16-25-12-10-14-29(5)27-30(6,7)8;/h18,29H,1,9-16H2,2-8H3;1H4. The molecule has 0 aromatic carbocycles. The van der Waals surface area contributed by atoms with Gasteiger partial charge in [0.05, 0.1) is 37.4 Å². The van der Waals surface area contributed by atoms with Crippen molar-refractivity contribution in [2.24, 2.45) is 0 Å². The summed E-state index contributed by atoms with van der Waals surface area (Å²) in [6.07, 6.45) is 0.667. The Labute approximate surface area is 193 Å². The number of carbonyl (C=O) groups is 1. The summed E-state index contributed by atoms with van der Waals surface area (Å²) in [4.78, 5) is 12.0. The quantitative estimate of drug-likeness (QED) is 0.0803. The molecule has 0 aliphatic carbocycles. The lowest BCUT2D eigenvalue weighted by Gasteiger charge is -2.33. The van der Waals surface area contributed by atoms with Crippen molar-refractivity contribution in [3.8, 4) is 0 Å². The van der Waals surface area contributed by atoms with E-state index in [-0.39, 0.29) is 20.5 Å².